The van der Waals surface area contributed by atoms with Crippen molar-refractivity contribution >= 4 is 34.3 Å². The van der Waals surface area contributed by atoms with Crippen LogP contribution in [-0.2, 0) is 11.3 Å². The lowest BCUT2D eigenvalue weighted by Crippen LogP contribution is -2.40. The average Bonchev–Trinajstić information content (AvgIpc) is 3.12. The van der Waals surface area contributed by atoms with Gasteiger partial charge in [0.1, 0.15) is 32.0 Å². The molecule has 1 amide bonds. The molecule has 1 aliphatic heterocycles. The maximum atomic E-state index is 12.1. The zero-order valence-electron chi connectivity index (χ0n) is 32.1. The van der Waals surface area contributed by atoms with E-state index in [4.69, 9.17) is 4.42 Å². The predicted molar refractivity (Wildman–Crippen MR) is 208 cm³/mol. The summed E-state index contributed by atoms with van der Waals surface area (Å²) in [6.45, 7) is 7.47. The topological polar surface area (TPSA) is 106 Å². The molecule has 9 heteroatoms. The Kier molecular flexibility index (Phi) is 12.6. The van der Waals surface area contributed by atoms with Crippen LogP contribution in [0.15, 0.2) is 100 Å². The minimum Gasteiger partial charge on any atom is -0.545 e. The van der Waals surface area contributed by atoms with Gasteiger partial charge in [-0.15, -0.1) is 0 Å². The van der Waals surface area contributed by atoms with Gasteiger partial charge in [-0.25, -0.2) is 4.58 Å². The average molecular weight is 704 g/mol. The summed E-state index contributed by atoms with van der Waals surface area (Å²) < 4.78 is 9.02. The van der Waals surface area contributed by atoms with Gasteiger partial charge in [0.05, 0.1) is 39.1 Å². The fraction of sp³-hybridized carbons (Fsp3) is 0.302. The molecule has 0 unspecified atom stereocenters. The van der Waals surface area contributed by atoms with Gasteiger partial charge in [-0.1, -0.05) is 42.0 Å². The number of nitrogens with one attached hydrogen (secondary N) is 1. The Bertz CT molecular complexity index is 2170. The Labute approximate surface area is 307 Å². The van der Waals surface area contributed by atoms with Crippen LogP contribution in [0.2, 0.25) is 0 Å². The number of carbonyl (C=O) groups excluding carboxylic acids is 3. The summed E-state index contributed by atoms with van der Waals surface area (Å²) >= 11 is 0. The largest absolute Gasteiger partial charge is 0.545 e. The molecule has 9 nitrogen and oxygen atoms in total. The van der Waals surface area contributed by atoms with Crippen LogP contribution < -0.4 is 25.3 Å². The summed E-state index contributed by atoms with van der Waals surface area (Å²) in [6, 6.07) is 26.5. The fourth-order valence-corrected chi connectivity index (χ4v) is 5.94. The number of fused-ring (bicyclic) bond motifs is 2. The number of carbonyl (C=O) groups is 3. The standard InChI is InChI=1S/C24H22N2O3.C19H28N2O2/c1-25(2)15-9-11-19-21(13-15)29-22-14-16(26(3)4)10-12-20(22)23(19)17-7-5-6-8-18(17)24(27)28;1-14(2)15(3)18(22)11-12-21(5,6)13-16-7-9-17(10-8-16)19(23)20-4/h5-14H,1-4H3;7-10H,11-13H2,1-6H3/p+1. The highest BCUT2D eigenvalue weighted by atomic mass is 16.4. The number of Topliss-reactive ketones (excluding diaryl/α,β-unsaturated/α-hetero) is 1. The zero-order chi connectivity index (χ0) is 38.3. The van der Waals surface area contributed by atoms with Crippen molar-refractivity contribution < 1.29 is 28.4 Å². The Morgan fingerprint density at radius 2 is 1.54 bits per heavy atom. The molecule has 2 aliphatic rings. The first-order chi connectivity index (χ1) is 24.5. The van der Waals surface area contributed by atoms with Crippen LogP contribution in [0.3, 0.4) is 0 Å². The van der Waals surface area contributed by atoms with E-state index in [0.717, 1.165) is 61.8 Å². The molecule has 0 saturated heterocycles. The van der Waals surface area contributed by atoms with Gasteiger partial charge in [-0.2, -0.15) is 0 Å². The van der Waals surface area contributed by atoms with Gasteiger partial charge in [0.15, 0.2) is 5.78 Å². The molecule has 0 radical (unpaired) electrons. The molecule has 3 aromatic carbocycles. The third-order valence-electron chi connectivity index (χ3n) is 9.30. The minimum atomic E-state index is -1.20. The fourth-order valence-electron chi connectivity index (χ4n) is 5.94. The van der Waals surface area contributed by atoms with Gasteiger partial charge in [0.2, 0.25) is 5.36 Å². The van der Waals surface area contributed by atoms with Crippen LogP contribution in [0.5, 0.6) is 0 Å². The van der Waals surface area contributed by atoms with Crippen molar-refractivity contribution in [2.75, 3.05) is 60.8 Å². The summed E-state index contributed by atoms with van der Waals surface area (Å²) in [5.74, 6) is -0.348. The quantitative estimate of drug-likeness (QED) is 0.0879. The molecule has 0 spiro atoms. The number of benzene rings is 4. The summed E-state index contributed by atoms with van der Waals surface area (Å²) in [6.07, 6.45) is 0.556. The molecular weight excluding hydrogens is 652 g/mol. The van der Waals surface area contributed by atoms with Crippen LogP contribution in [0.4, 0.5) is 5.69 Å². The summed E-state index contributed by atoms with van der Waals surface area (Å²) in [5.41, 5.74) is 7.95. The van der Waals surface area contributed by atoms with Crippen LogP contribution in [0.1, 0.15) is 53.5 Å². The number of quaternary nitrogens is 1. The van der Waals surface area contributed by atoms with Crippen LogP contribution in [-0.4, -0.2) is 78.0 Å². The molecule has 1 heterocycles. The lowest BCUT2D eigenvalue weighted by Gasteiger charge is -2.29. The highest BCUT2D eigenvalue weighted by molar-refractivity contribution is 6.07. The molecule has 0 aromatic heterocycles. The Hall–Kier alpha value is -5.54. The van der Waals surface area contributed by atoms with Crippen molar-refractivity contribution in [3.8, 4) is 22.5 Å². The van der Waals surface area contributed by atoms with Crippen LogP contribution in [0, 0.1) is 0 Å². The van der Waals surface area contributed by atoms with E-state index in [9.17, 15) is 19.5 Å². The minimum absolute atomic E-state index is 0.0758. The molecule has 0 atom stereocenters. The smallest absolute Gasteiger partial charge is 0.251 e. The van der Waals surface area contributed by atoms with Gasteiger partial charge in [-0.3, -0.25) is 9.59 Å². The van der Waals surface area contributed by atoms with Crippen molar-refractivity contribution in [3.05, 3.63) is 118 Å². The number of carboxylic acid groups (broad SMARTS) is 1. The molecule has 3 aromatic rings. The van der Waals surface area contributed by atoms with Gasteiger partial charge in [0, 0.05) is 72.2 Å². The molecule has 0 fully saturated rings. The van der Waals surface area contributed by atoms with Gasteiger partial charge < -0.3 is 29.0 Å². The molecule has 0 bridgehead atoms. The Balaban J connectivity index is 0.000000240. The second-order valence-corrected chi connectivity index (χ2v) is 14.4. The first kappa shape index (κ1) is 39.2. The predicted octanol–water partition coefficient (Wildman–Crippen LogP) is 5.60. The monoisotopic (exact) mass is 703 g/mol. The van der Waals surface area contributed by atoms with Crippen LogP contribution >= 0.6 is 0 Å². The van der Waals surface area contributed by atoms with E-state index in [-0.39, 0.29) is 17.3 Å². The SMILES string of the molecule is CN(C)c1ccc2c(-c3ccccc3C(=O)[O-])c3ccc(=[N+](C)C)cc-3oc2c1.CNC(=O)c1ccc(C[N+](C)(C)CCC(=O)C(C)=C(C)C)cc1. The van der Waals surface area contributed by atoms with E-state index in [1.807, 2.05) is 131 Å². The van der Waals surface area contributed by atoms with Crippen LogP contribution in [0.25, 0.3) is 33.4 Å². The number of aromatic carboxylic acids is 1. The second kappa shape index (κ2) is 16.7. The number of anilines is 1. The number of nitrogens with zero attached hydrogens (tertiary/aromatic N) is 3. The van der Waals surface area contributed by atoms with Gasteiger partial charge >= 0.3 is 0 Å². The first-order valence-electron chi connectivity index (χ1n) is 17.3. The van der Waals surface area contributed by atoms with Crippen molar-refractivity contribution in [2.24, 2.45) is 0 Å². The van der Waals surface area contributed by atoms with E-state index in [1.54, 1.807) is 19.2 Å². The van der Waals surface area contributed by atoms with E-state index >= 15 is 0 Å². The molecule has 0 saturated carbocycles. The third-order valence-corrected chi connectivity index (χ3v) is 9.30. The number of rotatable bonds is 10. The van der Waals surface area contributed by atoms with Crippen molar-refractivity contribution in [1.82, 2.24) is 9.89 Å². The number of hydrogen-bond donors (Lipinski definition) is 1. The normalized spacial score (nSPS) is 11.0. The zero-order valence-corrected chi connectivity index (χ0v) is 32.1. The molecule has 272 valence electrons. The van der Waals surface area contributed by atoms with Crippen molar-refractivity contribution in [3.63, 3.8) is 0 Å². The maximum Gasteiger partial charge on any atom is 0.251 e. The number of allylic oxidation sites excluding steroid dienone is 2. The van der Waals surface area contributed by atoms with E-state index in [1.165, 1.54) is 0 Å². The molecule has 52 heavy (non-hydrogen) atoms. The van der Waals surface area contributed by atoms with E-state index in [0.29, 0.717) is 28.9 Å². The molecule has 1 N–H and O–H groups in total. The van der Waals surface area contributed by atoms with Crippen molar-refractivity contribution in [2.45, 2.75) is 33.7 Å². The van der Waals surface area contributed by atoms with E-state index in [2.05, 4.69) is 19.4 Å². The van der Waals surface area contributed by atoms with Gasteiger partial charge in [0.25, 0.3) is 5.91 Å². The number of amides is 1. The maximum absolute atomic E-state index is 12.1. The molecule has 1 aliphatic carbocycles. The third kappa shape index (κ3) is 9.41. The first-order valence-corrected chi connectivity index (χ1v) is 17.3. The molecule has 5 rings (SSSR count). The molecular formula is C43H51N4O5+. The summed E-state index contributed by atoms with van der Waals surface area (Å²) in [7, 11) is 13.8. The number of hydrogen-bond acceptors (Lipinski definition) is 6. The second-order valence-electron chi connectivity index (χ2n) is 14.4. The summed E-state index contributed by atoms with van der Waals surface area (Å²) in [5, 5.41) is 16.3. The lowest BCUT2D eigenvalue weighted by molar-refractivity contribution is -0.903. The van der Waals surface area contributed by atoms with Gasteiger partial charge in [-0.05, 0) is 62.2 Å². The lowest BCUT2D eigenvalue weighted by atomic mass is 9.90. The summed E-state index contributed by atoms with van der Waals surface area (Å²) in [4.78, 5) is 37.5. The highest BCUT2D eigenvalue weighted by Gasteiger charge is 2.21. The van der Waals surface area contributed by atoms with Crippen molar-refractivity contribution in [1.29, 1.82) is 0 Å². The number of carboxylic acids is 1. The highest BCUT2D eigenvalue weighted by Crippen LogP contribution is 2.41. The Morgan fingerprint density at radius 3 is 2.13 bits per heavy atom. The number of ketones is 1. The Morgan fingerprint density at radius 1 is 0.865 bits per heavy atom. The van der Waals surface area contributed by atoms with E-state index < -0.39 is 5.97 Å².